The Balaban J connectivity index is 0.00000139. The Hall–Kier alpha value is -4.06. The molecule has 0 amide bonds. The molecule has 0 aromatic heterocycles. The van der Waals surface area contributed by atoms with Crippen molar-refractivity contribution in [1.29, 1.82) is 0 Å². The Bertz CT molecular complexity index is 2160. The van der Waals surface area contributed by atoms with E-state index in [1.165, 1.54) is 87.6 Å². The maximum atomic E-state index is 2.42. The average Bonchev–Trinajstić information content (AvgIpc) is 3.55. The molecular formula is C45H40Zr. The summed E-state index contributed by atoms with van der Waals surface area (Å²) >= 11 is 0. The molecule has 8 rings (SSSR count). The molecule has 0 aliphatic rings. The Labute approximate surface area is 293 Å². The van der Waals surface area contributed by atoms with E-state index in [0.717, 1.165) is 0 Å². The third-order valence-corrected chi connectivity index (χ3v) is 9.69. The van der Waals surface area contributed by atoms with Crippen LogP contribution < -0.4 is 0 Å². The molecule has 46 heavy (non-hydrogen) atoms. The third-order valence-electron chi connectivity index (χ3n) is 9.69. The van der Waals surface area contributed by atoms with E-state index in [1.54, 1.807) is 0 Å². The van der Waals surface area contributed by atoms with Crippen LogP contribution in [0.4, 0.5) is 0 Å². The quantitative estimate of drug-likeness (QED) is 0.163. The summed E-state index contributed by atoms with van der Waals surface area (Å²) in [6, 6.07) is 49.5. The monoisotopic (exact) mass is 670 g/mol. The van der Waals surface area contributed by atoms with Gasteiger partial charge in [0, 0.05) is 0 Å². The van der Waals surface area contributed by atoms with Crippen LogP contribution in [0.25, 0.3) is 65.3 Å². The zero-order chi connectivity index (χ0) is 29.3. The predicted octanol–water partition coefficient (Wildman–Crippen LogP) is 12.9. The van der Waals surface area contributed by atoms with Gasteiger partial charge < -0.3 is 14.9 Å². The normalized spacial score (nSPS) is 11.4. The van der Waals surface area contributed by atoms with Gasteiger partial charge in [0.15, 0.2) is 0 Å². The Morgan fingerprint density at radius 3 is 1.26 bits per heavy atom. The van der Waals surface area contributed by atoms with Crippen molar-refractivity contribution >= 4 is 43.1 Å². The summed E-state index contributed by atoms with van der Waals surface area (Å²) in [7, 11) is 0. The Morgan fingerprint density at radius 1 is 0.457 bits per heavy atom. The van der Waals surface area contributed by atoms with Crippen LogP contribution in [0.2, 0.25) is 0 Å². The summed E-state index contributed by atoms with van der Waals surface area (Å²) in [6.45, 7) is 9.38. The van der Waals surface area contributed by atoms with E-state index in [1.807, 2.05) is 0 Å². The summed E-state index contributed by atoms with van der Waals surface area (Å²) in [4.78, 5) is 0. The van der Waals surface area contributed by atoms with Gasteiger partial charge >= 0.3 is 26.2 Å². The van der Waals surface area contributed by atoms with Gasteiger partial charge in [-0.25, -0.2) is 0 Å². The number of benzene rings is 6. The largest absolute Gasteiger partial charge is 4.00 e. The van der Waals surface area contributed by atoms with E-state index in [0.29, 0.717) is 0 Å². The van der Waals surface area contributed by atoms with Gasteiger partial charge in [-0.15, -0.1) is 80.2 Å². The van der Waals surface area contributed by atoms with Crippen molar-refractivity contribution in [2.75, 3.05) is 0 Å². The second kappa shape index (κ2) is 12.6. The topological polar surface area (TPSA) is 0 Å². The molecule has 224 valence electrons. The summed E-state index contributed by atoms with van der Waals surface area (Å²) in [6.07, 6.45) is 0. The van der Waals surface area contributed by atoms with E-state index in [2.05, 4.69) is 161 Å². The van der Waals surface area contributed by atoms with E-state index in [9.17, 15) is 0 Å². The Kier molecular flexibility index (Phi) is 9.14. The van der Waals surface area contributed by atoms with E-state index in [-0.39, 0.29) is 46.5 Å². The van der Waals surface area contributed by atoms with Crippen LogP contribution in [-0.4, -0.2) is 0 Å². The molecule has 0 fully saturated rings. The van der Waals surface area contributed by atoms with Crippen LogP contribution >= 0.6 is 0 Å². The van der Waals surface area contributed by atoms with Crippen molar-refractivity contribution in [3.05, 3.63) is 171 Å². The summed E-state index contributed by atoms with van der Waals surface area (Å²) in [5, 5.41) is 10.5. The molecule has 0 saturated carbocycles. The molecule has 0 heterocycles. The minimum absolute atomic E-state index is 0. The molecule has 0 unspecified atom stereocenters. The minimum atomic E-state index is -0.251. The van der Waals surface area contributed by atoms with Gasteiger partial charge in [0.1, 0.15) is 0 Å². The summed E-state index contributed by atoms with van der Waals surface area (Å²) in [5.74, 6) is 0. The zero-order valence-corrected chi connectivity index (χ0v) is 30.2. The minimum Gasteiger partial charge on any atom is -0.358 e. The number of aryl methyl sites for hydroxylation is 2. The molecule has 0 saturated heterocycles. The first-order valence-electron chi connectivity index (χ1n) is 15.3. The second-order valence-corrected chi connectivity index (χ2v) is 12.6. The van der Waals surface area contributed by atoms with Crippen molar-refractivity contribution in [2.24, 2.45) is 0 Å². The fourth-order valence-electron chi connectivity index (χ4n) is 7.71. The summed E-state index contributed by atoms with van der Waals surface area (Å²) in [5.41, 5.74) is 10.5. The molecule has 0 atom stereocenters. The molecule has 8 aromatic carbocycles. The van der Waals surface area contributed by atoms with Crippen molar-refractivity contribution in [1.82, 2.24) is 0 Å². The van der Waals surface area contributed by atoms with Gasteiger partial charge in [0.25, 0.3) is 0 Å². The molecule has 0 spiro atoms. The fraction of sp³-hybridized carbons (Fsp3) is 0.111. The van der Waals surface area contributed by atoms with Gasteiger partial charge in [0.05, 0.1) is 0 Å². The molecule has 8 aromatic rings. The van der Waals surface area contributed by atoms with Crippen LogP contribution in [0.1, 0.15) is 36.1 Å². The van der Waals surface area contributed by atoms with Gasteiger partial charge in [-0.2, -0.15) is 0 Å². The van der Waals surface area contributed by atoms with Crippen LogP contribution in [0.15, 0.2) is 133 Å². The van der Waals surface area contributed by atoms with Gasteiger partial charge in [-0.05, 0) is 27.0 Å². The predicted molar refractivity (Wildman–Crippen MR) is 199 cm³/mol. The Morgan fingerprint density at radius 2 is 0.826 bits per heavy atom. The number of hydrogen-bond acceptors (Lipinski definition) is 0. The van der Waals surface area contributed by atoms with Crippen LogP contribution in [0, 0.1) is 28.7 Å². The molecule has 1 heteroatoms. The fourth-order valence-corrected chi connectivity index (χ4v) is 7.71. The standard InChI is InChI=1S/C43H34.2CH3.Zr/c1-27-25-31-17-11-23-37(41(31)39(27)35-21-9-15-29-13-5-7-19-33(29)35)43(3,4)38-24-12-18-32-26-28(2)40(42(32)38)36-22-10-16-30-14-6-8-20-34(30)36;;;/h5-26H,1-4H3;2*1H3;/q-2;2*-1;+4. The van der Waals surface area contributed by atoms with E-state index < -0.39 is 0 Å². The number of rotatable bonds is 4. The first-order chi connectivity index (χ1) is 20.9. The smallest absolute Gasteiger partial charge is 0.358 e. The zero-order valence-electron chi connectivity index (χ0n) is 27.7. The molecule has 0 aliphatic carbocycles. The van der Waals surface area contributed by atoms with Gasteiger partial charge in [-0.3, -0.25) is 0 Å². The van der Waals surface area contributed by atoms with Crippen molar-refractivity contribution in [3.8, 4) is 22.3 Å². The number of fused-ring (bicyclic) bond motifs is 4. The van der Waals surface area contributed by atoms with Crippen LogP contribution in [-0.2, 0) is 31.6 Å². The maximum Gasteiger partial charge on any atom is 4.00 e. The van der Waals surface area contributed by atoms with Crippen molar-refractivity contribution in [2.45, 2.75) is 33.1 Å². The molecule has 0 radical (unpaired) electrons. The summed E-state index contributed by atoms with van der Waals surface area (Å²) < 4.78 is 0. The first kappa shape index (κ1) is 33.3. The average molecular weight is 672 g/mol. The molecule has 0 aliphatic heterocycles. The molecule has 0 nitrogen and oxygen atoms in total. The first-order valence-corrected chi connectivity index (χ1v) is 15.3. The van der Waals surface area contributed by atoms with Crippen LogP contribution in [0.3, 0.4) is 0 Å². The van der Waals surface area contributed by atoms with Crippen molar-refractivity contribution < 1.29 is 26.2 Å². The van der Waals surface area contributed by atoms with E-state index >= 15 is 0 Å². The maximum absolute atomic E-state index is 2.42. The molecule has 0 bridgehead atoms. The molecular weight excluding hydrogens is 632 g/mol. The van der Waals surface area contributed by atoms with Gasteiger partial charge in [0.2, 0.25) is 0 Å². The van der Waals surface area contributed by atoms with E-state index in [4.69, 9.17) is 0 Å². The molecule has 0 N–H and O–H groups in total. The van der Waals surface area contributed by atoms with Gasteiger partial charge in [-0.1, -0.05) is 147 Å². The van der Waals surface area contributed by atoms with Crippen molar-refractivity contribution in [3.63, 3.8) is 0 Å². The SMILES string of the molecule is Cc1[cH-]c2cccc(C(C)(C)c3cccc4[cH-]c(C)c(-c5cccc6ccccc56)c34)c2c1-c1cccc2ccccc12.[CH3-].[CH3-].[Zr+4]. The second-order valence-electron chi connectivity index (χ2n) is 12.6. The van der Waals surface area contributed by atoms with Crippen LogP contribution in [0.5, 0.6) is 0 Å². The number of hydrogen-bond donors (Lipinski definition) is 0. The third kappa shape index (κ3) is 5.01.